The van der Waals surface area contributed by atoms with Gasteiger partial charge in [-0.25, -0.2) is 9.89 Å². The molecule has 2 amide bonds. The average molecular weight is 401 g/mol. The van der Waals surface area contributed by atoms with Crippen LogP contribution in [0.25, 0.3) is 11.4 Å². The summed E-state index contributed by atoms with van der Waals surface area (Å²) in [5.74, 6) is 0.918. The van der Waals surface area contributed by atoms with Gasteiger partial charge in [-0.3, -0.25) is 0 Å². The Morgan fingerprint density at radius 1 is 1.12 bits per heavy atom. The highest BCUT2D eigenvalue weighted by atomic mass is 79.9. The molecule has 3 rings (SSSR count). The second-order valence-corrected chi connectivity index (χ2v) is 6.71. The molecular weight excluding hydrogens is 384 g/mol. The van der Waals surface area contributed by atoms with Gasteiger partial charge in [0, 0.05) is 15.7 Å². The van der Waals surface area contributed by atoms with E-state index in [-0.39, 0.29) is 6.03 Å². The first-order valence-corrected chi connectivity index (χ1v) is 8.54. The highest BCUT2D eigenvalue weighted by molar-refractivity contribution is 9.10. The van der Waals surface area contributed by atoms with Gasteiger partial charge in [0.2, 0.25) is 0 Å². The summed E-state index contributed by atoms with van der Waals surface area (Å²) < 4.78 is 0.856. The van der Waals surface area contributed by atoms with Crippen LogP contribution in [0.3, 0.4) is 0 Å². The van der Waals surface area contributed by atoms with E-state index in [0.29, 0.717) is 23.0 Å². The summed E-state index contributed by atoms with van der Waals surface area (Å²) in [4.78, 5) is 12.3. The zero-order valence-electron chi connectivity index (χ0n) is 13.7. The molecule has 7 nitrogen and oxygen atoms in total. The zero-order chi connectivity index (χ0) is 17.8. The van der Waals surface area contributed by atoms with Gasteiger partial charge in [-0.15, -0.1) is 5.10 Å². The fourth-order valence-corrected chi connectivity index (χ4v) is 2.69. The molecule has 0 fully saturated rings. The molecule has 3 aromatic rings. The van der Waals surface area contributed by atoms with Gasteiger partial charge in [0.15, 0.2) is 5.82 Å². The van der Waals surface area contributed by atoms with Gasteiger partial charge in [-0.05, 0) is 52.2 Å². The van der Waals surface area contributed by atoms with Crippen molar-refractivity contribution in [1.29, 1.82) is 0 Å². The van der Waals surface area contributed by atoms with E-state index in [1.54, 1.807) is 6.07 Å². The second-order valence-electron chi connectivity index (χ2n) is 5.80. The van der Waals surface area contributed by atoms with Gasteiger partial charge in [-0.2, -0.15) is 0 Å². The largest absolute Gasteiger partial charge is 0.323 e. The highest BCUT2D eigenvalue weighted by Gasteiger charge is 2.12. The van der Waals surface area contributed by atoms with Crippen LogP contribution in [0, 0.1) is 0 Å². The predicted molar refractivity (Wildman–Crippen MR) is 100 cm³/mol. The summed E-state index contributed by atoms with van der Waals surface area (Å²) >= 11 is 3.41. The molecule has 0 saturated heterocycles. The molecule has 25 heavy (non-hydrogen) atoms. The van der Waals surface area contributed by atoms with Gasteiger partial charge in [0.05, 0.1) is 5.69 Å². The van der Waals surface area contributed by atoms with Crippen molar-refractivity contribution < 1.29 is 4.79 Å². The van der Waals surface area contributed by atoms with Crippen molar-refractivity contribution in [3.63, 3.8) is 0 Å². The second kappa shape index (κ2) is 7.43. The molecule has 3 N–H and O–H groups in total. The average Bonchev–Trinajstić information content (AvgIpc) is 3.11. The Kier molecular flexibility index (Phi) is 5.08. The number of carbonyl (C=O) groups is 1. The van der Waals surface area contributed by atoms with Crippen molar-refractivity contribution in [2.45, 2.75) is 19.8 Å². The number of rotatable bonds is 4. The smallest absolute Gasteiger partial charge is 0.308 e. The minimum absolute atomic E-state index is 0.339. The molecule has 0 saturated carbocycles. The summed E-state index contributed by atoms with van der Waals surface area (Å²) in [6.07, 6.45) is 0. The first-order chi connectivity index (χ1) is 12.0. The van der Waals surface area contributed by atoms with Crippen molar-refractivity contribution in [2.24, 2.45) is 0 Å². The lowest BCUT2D eigenvalue weighted by Gasteiger charge is -2.12. The Morgan fingerprint density at radius 2 is 1.88 bits per heavy atom. The van der Waals surface area contributed by atoms with Gasteiger partial charge >= 0.3 is 6.03 Å². The van der Waals surface area contributed by atoms with Crippen molar-refractivity contribution in [3.05, 3.63) is 52.5 Å². The maximum absolute atomic E-state index is 12.3. The number of halogens is 1. The highest BCUT2D eigenvalue weighted by Crippen LogP contribution is 2.28. The first kappa shape index (κ1) is 17.1. The molecule has 0 aliphatic rings. The molecule has 2 aromatic carbocycles. The molecule has 0 radical (unpaired) electrons. The quantitative estimate of drug-likeness (QED) is 0.604. The molecule has 0 aliphatic heterocycles. The fraction of sp³-hybridized carbons (Fsp3) is 0.176. The predicted octanol–water partition coefficient (Wildman–Crippen LogP) is 4.40. The molecule has 0 atom stereocenters. The van der Waals surface area contributed by atoms with Crippen molar-refractivity contribution in [3.8, 4) is 11.4 Å². The molecule has 1 aromatic heterocycles. The number of hydrogen-bond donors (Lipinski definition) is 3. The van der Waals surface area contributed by atoms with Gasteiger partial charge in [0.25, 0.3) is 0 Å². The number of carbonyl (C=O) groups excluding carboxylic acids is 1. The number of aromatic nitrogens is 4. The normalized spacial score (nSPS) is 10.7. The summed E-state index contributed by atoms with van der Waals surface area (Å²) in [7, 11) is 0. The maximum atomic E-state index is 12.3. The lowest BCUT2D eigenvalue weighted by molar-refractivity contribution is 0.262. The van der Waals surface area contributed by atoms with Crippen LogP contribution >= 0.6 is 15.9 Å². The Labute approximate surface area is 153 Å². The number of aromatic amines is 1. The van der Waals surface area contributed by atoms with Crippen LogP contribution in [0.4, 0.5) is 16.2 Å². The molecule has 0 unspecified atom stereocenters. The van der Waals surface area contributed by atoms with E-state index >= 15 is 0 Å². The third-order valence-electron chi connectivity index (χ3n) is 3.67. The topological polar surface area (TPSA) is 95.6 Å². The summed E-state index contributed by atoms with van der Waals surface area (Å²) in [6, 6.07) is 12.9. The molecule has 1 heterocycles. The van der Waals surface area contributed by atoms with E-state index in [1.165, 1.54) is 5.56 Å². The maximum Gasteiger partial charge on any atom is 0.323 e. The number of urea groups is 1. The van der Waals surface area contributed by atoms with E-state index < -0.39 is 0 Å². The minimum atomic E-state index is -0.339. The molecule has 0 aliphatic carbocycles. The van der Waals surface area contributed by atoms with E-state index in [2.05, 4.69) is 61.0 Å². The van der Waals surface area contributed by atoms with Crippen LogP contribution in [0.5, 0.6) is 0 Å². The van der Waals surface area contributed by atoms with Crippen LogP contribution in [0.2, 0.25) is 0 Å². The number of H-pyrrole nitrogens is 1. The summed E-state index contributed by atoms with van der Waals surface area (Å²) in [5, 5.41) is 19.4. The number of nitrogens with zero attached hydrogens (tertiary/aromatic N) is 3. The van der Waals surface area contributed by atoms with Crippen LogP contribution < -0.4 is 10.6 Å². The minimum Gasteiger partial charge on any atom is -0.308 e. The third kappa shape index (κ3) is 4.21. The standard InChI is InChI=1S/C17H17BrN6O/c1-10(2)11-3-6-13(7-4-11)19-17(25)20-15-8-5-12(18)9-14(15)16-21-23-24-22-16/h3-10H,1-2H3,(H2,19,20,25)(H,21,22,23,24). The zero-order valence-corrected chi connectivity index (χ0v) is 15.3. The van der Waals surface area contributed by atoms with Crippen molar-refractivity contribution >= 4 is 33.3 Å². The van der Waals surface area contributed by atoms with Crippen molar-refractivity contribution in [2.75, 3.05) is 10.6 Å². The van der Waals surface area contributed by atoms with Crippen LogP contribution in [0.15, 0.2) is 46.9 Å². The number of benzene rings is 2. The Balaban J connectivity index is 1.75. The van der Waals surface area contributed by atoms with E-state index in [9.17, 15) is 4.79 Å². The van der Waals surface area contributed by atoms with Crippen LogP contribution in [0.1, 0.15) is 25.3 Å². The van der Waals surface area contributed by atoms with Crippen LogP contribution in [-0.4, -0.2) is 26.7 Å². The molecule has 128 valence electrons. The van der Waals surface area contributed by atoms with Crippen LogP contribution in [-0.2, 0) is 0 Å². The number of hydrogen-bond acceptors (Lipinski definition) is 4. The van der Waals surface area contributed by atoms with Gasteiger partial charge in [0.1, 0.15) is 0 Å². The fourth-order valence-electron chi connectivity index (χ4n) is 2.33. The first-order valence-electron chi connectivity index (χ1n) is 7.74. The van der Waals surface area contributed by atoms with Crippen molar-refractivity contribution in [1.82, 2.24) is 20.6 Å². The lowest BCUT2D eigenvalue weighted by Crippen LogP contribution is -2.20. The van der Waals surface area contributed by atoms with E-state index in [0.717, 1.165) is 10.2 Å². The molecular formula is C17H17BrN6O. The third-order valence-corrected chi connectivity index (χ3v) is 4.16. The summed E-state index contributed by atoms with van der Waals surface area (Å²) in [6.45, 7) is 4.26. The number of tetrazole rings is 1. The van der Waals surface area contributed by atoms with E-state index in [4.69, 9.17) is 0 Å². The monoisotopic (exact) mass is 400 g/mol. The Hall–Kier alpha value is -2.74. The molecule has 8 heteroatoms. The van der Waals surface area contributed by atoms with E-state index in [1.807, 2.05) is 36.4 Å². The van der Waals surface area contributed by atoms with Gasteiger partial charge in [-0.1, -0.05) is 41.9 Å². The lowest BCUT2D eigenvalue weighted by atomic mass is 10.0. The molecule has 0 spiro atoms. The Bertz CT molecular complexity index is 861. The number of anilines is 2. The Morgan fingerprint density at radius 3 is 2.52 bits per heavy atom. The molecule has 0 bridgehead atoms. The number of nitrogens with one attached hydrogen (secondary N) is 3. The van der Waals surface area contributed by atoms with Gasteiger partial charge < -0.3 is 10.6 Å². The number of amides is 2. The summed E-state index contributed by atoms with van der Waals surface area (Å²) in [5.41, 5.74) is 3.23. The SMILES string of the molecule is CC(C)c1ccc(NC(=O)Nc2ccc(Br)cc2-c2nnn[nH]2)cc1.